The Labute approximate surface area is 92.2 Å². The molecule has 1 fully saturated rings. The van der Waals surface area contributed by atoms with E-state index in [1.807, 2.05) is 7.05 Å². The highest BCUT2D eigenvalue weighted by molar-refractivity contribution is 7.80. The summed E-state index contributed by atoms with van der Waals surface area (Å²) in [6, 6.07) is 0.677. The summed E-state index contributed by atoms with van der Waals surface area (Å²) in [6.45, 7) is 7.96. The first kappa shape index (κ1) is 11.7. The Morgan fingerprint density at radius 1 is 1.57 bits per heavy atom. The van der Waals surface area contributed by atoms with Gasteiger partial charge in [0.1, 0.15) is 0 Å². The van der Waals surface area contributed by atoms with Gasteiger partial charge in [0.15, 0.2) is 5.11 Å². The zero-order valence-corrected chi connectivity index (χ0v) is 10.2. The van der Waals surface area contributed by atoms with E-state index in [2.05, 4.69) is 29.4 Å². The van der Waals surface area contributed by atoms with Crippen molar-refractivity contribution in [3.63, 3.8) is 0 Å². The standard InChI is InChI=1S/C10H21N3S/c1-8(2)13-5-4-9(7-13)6-12-10(14)11-3/h8-9H,4-7H2,1-3H3,(H2,11,12,14). The fourth-order valence-electron chi connectivity index (χ4n) is 1.82. The van der Waals surface area contributed by atoms with Crippen LogP contribution in [0.25, 0.3) is 0 Å². The average Bonchev–Trinajstić information content (AvgIpc) is 2.62. The minimum atomic E-state index is 0.677. The summed E-state index contributed by atoms with van der Waals surface area (Å²) < 4.78 is 0. The molecule has 0 aromatic heterocycles. The van der Waals surface area contributed by atoms with Crippen molar-refractivity contribution in [1.29, 1.82) is 0 Å². The quantitative estimate of drug-likeness (QED) is 0.681. The molecule has 1 atom stereocenters. The molecule has 1 aliphatic rings. The third kappa shape index (κ3) is 3.42. The molecule has 1 rings (SSSR count). The molecule has 2 N–H and O–H groups in total. The fraction of sp³-hybridized carbons (Fsp3) is 0.900. The molecule has 0 aromatic rings. The van der Waals surface area contributed by atoms with Crippen LogP contribution in [0, 0.1) is 5.92 Å². The molecule has 0 radical (unpaired) electrons. The number of thiocarbonyl (C=S) groups is 1. The summed E-state index contributed by atoms with van der Waals surface area (Å²) in [4.78, 5) is 2.52. The molecule has 3 nitrogen and oxygen atoms in total. The maximum absolute atomic E-state index is 5.04. The number of hydrogen-bond acceptors (Lipinski definition) is 2. The molecule has 0 spiro atoms. The van der Waals surface area contributed by atoms with E-state index in [0.717, 1.165) is 17.6 Å². The van der Waals surface area contributed by atoms with E-state index < -0.39 is 0 Å². The maximum atomic E-state index is 5.04. The van der Waals surface area contributed by atoms with Gasteiger partial charge in [0.05, 0.1) is 0 Å². The van der Waals surface area contributed by atoms with E-state index in [1.54, 1.807) is 0 Å². The van der Waals surface area contributed by atoms with Gasteiger partial charge >= 0.3 is 0 Å². The Kier molecular flexibility index (Phi) is 4.62. The zero-order chi connectivity index (χ0) is 10.6. The smallest absolute Gasteiger partial charge is 0.166 e. The Morgan fingerprint density at radius 2 is 2.29 bits per heavy atom. The normalized spacial score (nSPS) is 22.7. The van der Waals surface area contributed by atoms with Gasteiger partial charge in [0, 0.05) is 26.2 Å². The first-order valence-corrected chi connectivity index (χ1v) is 5.74. The van der Waals surface area contributed by atoms with E-state index >= 15 is 0 Å². The summed E-state index contributed by atoms with van der Waals surface area (Å²) in [7, 11) is 1.85. The molecule has 0 aliphatic carbocycles. The number of nitrogens with one attached hydrogen (secondary N) is 2. The number of rotatable bonds is 3. The first-order chi connectivity index (χ1) is 6.63. The van der Waals surface area contributed by atoms with Crippen LogP contribution in [0.5, 0.6) is 0 Å². The highest BCUT2D eigenvalue weighted by Crippen LogP contribution is 2.17. The monoisotopic (exact) mass is 215 g/mol. The van der Waals surface area contributed by atoms with Gasteiger partial charge in [-0.25, -0.2) is 0 Å². The summed E-state index contributed by atoms with van der Waals surface area (Å²) in [5.74, 6) is 0.753. The zero-order valence-electron chi connectivity index (χ0n) is 9.34. The van der Waals surface area contributed by atoms with E-state index in [9.17, 15) is 0 Å². The van der Waals surface area contributed by atoms with Crippen LogP contribution >= 0.6 is 12.2 Å². The lowest BCUT2D eigenvalue weighted by molar-refractivity contribution is 0.265. The van der Waals surface area contributed by atoms with Crippen molar-refractivity contribution in [2.75, 3.05) is 26.7 Å². The lowest BCUT2D eigenvalue weighted by atomic mass is 10.1. The van der Waals surface area contributed by atoms with Crippen LogP contribution in [0.4, 0.5) is 0 Å². The topological polar surface area (TPSA) is 27.3 Å². The molecule has 1 heterocycles. The van der Waals surface area contributed by atoms with Gasteiger partial charge in [-0.05, 0) is 44.9 Å². The lowest BCUT2D eigenvalue weighted by Crippen LogP contribution is -2.37. The predicted octanol–water partition coefficient (Wildman–Crippen LogP) is 0.811. The van der Waals surface area contributed by atoms with Crippen molar-refractivity contribution in [1.82, 2.24) is 15.5 Å². The van der Waals surface area contributed by atoms with Crippen molar-refractivity contribution in [3.8, 4) is 0 Å². The SMILES string of the molecule is CNC(=S)NCC1CCN(C(C)C)C1. The Morgan fingerprint density at radius 3 is 2.79 bits per heavy atom. The fourth-order valence-corrected chi connectivity index (χ4v) is 1.91. The lowest BCUT2D eigenvalue weighted by Gasteiger charge is -2.20. The van der Waals surface area contributed by atoms with Crippen LogP contribution in [-0.4, -0.2) is 42.7 Å². The second-order valence-electron chi connectivity index (χ2n) is 4.20. The summed E-state index contributed by atoms with van der Waals surface area (Å²) in [5, 5.41) is 6.91. The van der Waals surface area contributed by atoms with E-state index in [-0.39, 0.29) is 0 Å². The Hall–Kier alpha value is -0.350. The number of likely N-dealkylation sites (tertiary alicyclic amines) is 1. The van der Waals surface area contributed by atoms with Gasteiger partial charge < -0.3 is 15.5 Å². The van der Waals surface area contributed by atoms with Gasteiger partial charge in [0.25, 0.3) is 0 Å². The molecule has 0 amide bonds. The molecule has 14 heavy (non-hydrogen) atoms. The molecule has 1 saturated heterocycles. The van der Waals surface area contributed by atoms with Crippen molar-refractivity contribution in [2.24, 2.45) is 5.92 Å². The van der Waals surface area contributed by atoms with Crippen molar-refractivity contribution in [3.05, 3.63) is 0 Å². The van der Waals surface area contributed by atoms with Gasteiger partial charge in [-0.2, -0.15) is 0 Å². The average molecular weight is 215 g/mol. The molecule has 4 heteroatoms. The molecule has 1 aliphatic heterocycles. The third-order valence-electron chi connectivity index (χ3n) is 2.83. The maximum Gasteiger partial charge on any atom is 0.166 e. The molecular weight excluding hydrogens is 194 g/mol. The van der Waals surface area contributed by atoms with Crippen LogP contribution in [-0.2, 0) is 0 Å². The van der Waals surface area contributed by atoms with Gasteiger partial charge in [-0.1, -0.05) is 0 Å². The Bertz CT molecular complexity index is 194. The second-order valence-corrected chi connectivity index (χ2v) is 4.61. The van der Waals surface area contributed by atoms with Crippen LogP contribution in [0.3, 0.4) is 0 Å². The minimum absolute atomic E-state index is 0.677. The number of hydrogen-bond donors (Lipinski definition) is 2. The van der Waals surface area contributed by atoms with Crippen LogP contribution in [0.2, 0.25) is 0 Å². The third-order valence-corrected chi connectivity index (χ3v) is 3.17. The van der Waals surface area contributed by atoms with E-state index in [1.165, 1.54) is 19.5 Å². The highest BCUT2D eigenvalue weighted by atomic mass is 32.1. The molecule has 0 saturated carbocycles. The molecular formula is C10H21N3S. The van der Waals surface area contributed by atoms with Crippen molar-refractivity contribution < 1.29 is 0 Å². The van der Waals surface area contributed by atoms with Gasteiger partial charge in [-0.3, -0.25) is 0 Å². The second kappa shape index (κ2) is 5.51. The van der Waals surface area contributed by atoms with Gasteiger partial charge in [-0.15, -0.1) is 0 Å². The van der Waals surface area contributed by atoms with Gasteiger partial charge in [0.2, 0.25) is 0 Å². The van der Waals surface area contributed by atoms with E-state index in [0.29, 0.717) is 6.04 Å². The largest absolute Gasteiger partial charge is 0.366 e. The predicted molar refractivity (Wildman–Crippen MR) is 64.5 cm³/mol. The first-order valence-electron chi connectivity index (χ1n) is 5.33. The number of nitrogens with zero attached hydrogens (tertiary/aromatic N) is 1. The molecule has 1 unspecified atom stereocenters. The summed E-state index contributed by atoms with van der Waals surface area (Å²) in [6.07, 6.45) is 1.29. The Balaban J connectivity index is 2.19. The molecule has 0 aromatic carbocycles. The summed E-state index contributed by atoms with van der Waals surface area (Å²) >= 11 is 5.04. The minimum Gasteiger partial charge on any atom is -0.366 e. The van der Waals surface area contributed by atoms with Crippen LogP contribution < -0.4 is 10.6 Å². The van der Waals surface area contributed by atoms with Crippen molar-refractivity contribution in [2.45, 2.75) is 26.3 Å². The van der Waals surface area contributed by atoms with E-state index in [4.69, 9.17) is 12.2 Å². The van der Waals surface area contributed by atoms with Crippen LogP contribution in [0.15, 0.2) is 0 Å². The molecule has 0 bridgehead atoms. The van der Waals surface area contributed by atoms with Crippen molar-refractivity contribution >= 4 is 17.3 Å². The molecule has 82 valence electrons. The summed E-state index contributed by atoms with van der Waals surface area (Å²) in [5.41, 5.74) is 0. The van der Waals surface area contributed by atoms with Crippen LogP contribution in [0.1, 0.15) is 20.3 Å². The highest BCUT2D eigenvalue weighted by Gasteiger charge is 2.23.